The first-order chi connectivity index (χ1) is 17.7. The van der Waals surface area contributed by atoms with Crippen LogP contribution in [0.2, 0.25) is 0 Å². The Morgan fingerprint density at radius 2 is 1.81 bits per heavy atom. The van der Waals surface area contributed by atoms with E-state index < -0.39 is 18.1 Å². The Kier molecular flexibility index (Phi) is 8.02. The fourth-order valence-electron chi connectivity index (χ4n) is 5.24. The molecule has 0 aliphatic carbocycles. The van der Waals surface area contributed by atoms with Crippen LogP contribution in [-0.4, -0.2) is 64.5 Å². The van der Waals surface area contributed by atoms with Crippen LogP contribution in [0.25, 0.3) is 0 Å². The zero-order valence-electron chi connectivity index (χ0n) is 21.2. The van der Waals surface area contributed by atoms with Gasteiger partial charge in [-0.1, -0.05) is 38.1 Å². The molecule has 3 atom stereocenters. The van der Waals surface area contributed by atoms with Gasteiger partial charge in [0.25, 0.3) is 5.91 Å². The third kappa shape index (κ3) is 5.88. The normalized spacial score (nSPS) is 19.8. The van der Waals surface area contributed by atoms with Crippen molar-refractivity contribution in [1.29, 1.82) is 0 Å². The first kappa shape index (κ1) is 26.5. The highest BCUT2D eigenvalue weighted by Crippen LogP contribution is 2.31. The van der Waals surface area contributed by atoms with Crippen molar-refractivity contribution in [2.45, 2.75) is 57.8 Å². The van der Waals surface area contributed by atoms with E-state index in [4.69, 9.17) is 5.73 Å². The molecule has 2 aliphatic heterocycles. The lowest BCUT2D eigenvalue weighted by Gasteiger charge is -2.29. The number of fused-ring (bicyclic) bond motifs is 1. The minimum Gasteiger partial charge on any atom is -0.340 e. The Morgan fingerprint density at radius 1 is 1.08 bits per heavy atom. The lowest BCUT2D eigenvalue weighted by Crippen LogP contribution is -2.53. The van der Waals surface area contributed by atoms with E-state index in [1.165, 1.54) is 21.9 Å². The van der Waals surface area contributed by atoms with Crippen LogP contribution in [0, 0.1) is 11.7 Å². The molecule has 2 aliphatic rings. The molecule has 8 nitrogen and oxygen atoms in total. The summed E-state index contributed by atoms with van der Waals surface area (Å²) in [6.45, 7) is 4.49. The van der Waals surface area contributed by atoms with E-state index in [-0.39, 0.29) is 48.2 Å². The summed E-state index contributed by atoms with van der Waals surface area (Å²) < 4.78 is 13.2. The van der Waals surface area contributed by atoms with E-state index in [2.05, 4.69) is 5.32 Å². The van der Waals surface area contributed by atoms with Gasteiger partial charge in [0.2, 0.25) is 11.8 Å². The molecule has 2 fully saturated rings. The highest BCUT2D eigenvalue weighted by molar-refractivity contribution is 6.01. The molecule has 0 aromatic heterocycles. The van der Waals surface area contributed by atoms with Crippen LogP contribution in [0.15, 0.2) is 48.5 Å². The van der Waals surface area contributed by atoms with Crippen molar-refractivity contribution in [2.75, 3.05) is 13.1 Å². The lowest BCUT2D eigenvalue weighted by atomic mass is 10.0. The molecular formula is C28H33FN4O4. The van der Waals surface area contributed by atoms with Gasteiger partial charge >= 0.3 is 0 Å². The van der Waals surface area contributed by atoms with Crippen LogP contribution in [0.1, 0.15) is 48.2 Å². The summed E-state index contributed by atoms with van der Waals surface area (Å²) in [5.74, 6) is -1.37. The fourth-order valence-corrected chi connectivity index (χ4v) is 5.24. The van der Waals surface area contributed by atoms with Crippen molar-refractivity contribution >= 4 is 23.5 Å². The first-order valence-corrected chi connectivity index (χ1v) is 12.6. The van der Waals surface area contributed by atoms with Crippen LogP contribution in [0.3, 0.4) is 0 Å². The fraction of sp³-hybridized carbons (Fsp3) is 0.429. The van der Waals surface area contributed by atoms with Crippen LogP contribution >= 0.6 is 0 Å². The van der Waals surface area contributed by atoms with E-state index in [0.717, 1.165) is 5.56 Å². The van der Waals surface area contributed by atoms with Gasteiger partial charge in [-0.25, -0.2) is 4.39 Å². The number of carbonyl (C=O) groups is 4. The van der Waals surface area contributed by atoms with E-state index in [1.807, 2.05) is 19.9 Å². The number of nitrogens with one attached hydrogen (secondary N) is 1. The highest BCUT2D eigenvalue weighted by Gasteiger charge is 2.52. The van der Waals surface area contributed by atoms with E-state index in [9.17, 15) is 23.6 Å². The molecule has 4 rings (SSSR count). The monoisotopic (exact) mass is 508 g/mol. The van der Waals surface area contributed by atoms with Gasteiger partial charge in [-0.15, -0.1) is 0 Å². The standard InChI is InChI=1S/C28H33FN4O4/c1-17(2)12-22(31-27(36)20-5-3-4-19(13-20)15-30)28(37)32-11-10-23-26(32)24(34)16-33(23)25(35)14-18-6-8-21(29)9-7-18/h3-9,13,17,22-23,26H,10-12,14-16,30H2,1-2H3,(H,31,36)/t22-,23?,26?/m0/s1. The maximum Gasteiger partial charge on any atom is 0.251 e. The molecule has 9 heteroatoms. The Morgan fingerprint density at radius 3 is 2.49 bits per heavy atom. The molecule has 3 amide bonds. The number of nitrogens with zero attached hydrogens (tertiary/aromatic N) is 2. The Labute approximate surface area is 216 Å². The molecule has 0 bridgehead atoms. The second kappa shape index (κ2) is 11.2. The number of amides is 3. The van der Waals surface area contributed by atoms with Gasteiger partial charge in [0.05, 0.1) is 19.0 Å². The van der Waals surface area contributed by atoms with Crippen LogP contribution < -0.4 is 11.1 Å². The summed E-state index contributed by atoms with van der Waals surface area (Å²) in [5, 5.41) is 2.87. The maximum absolute atomic E-state index is 13.7. The molecule has 3 N–H and O–H groups in total. The van der Waals surface area contributed by atoms with Gasteiger partial charge in [-0.3, -0.25) is 19.2 Å². The molecule has 196 valence electrons. The maximum atomic E-state index is 13.7. The summed E-state index contributed by atoms with van der Waals surface area (Å²) in [4.78, 5) is 55.7. The summed E-state index contributed by atoms with van der Waals surface area (Å²) in [6, 6.07) is 10.7. The molecule has 0 saturated carbocycles. The summed E-state index contributed by atoms with van der Waals surface area (Å²) in [7, 11) is 0. The summed E-state index contributed by atoms with van der Waals surface area (Å²) in [5.41, 5.74) is 7.58. The number of halogens is 1. The second-order valence-electron chi connectivity index (χ2n) is 10.2. The van der Waals surface area contributed by atoms with Crippen LogP contribution in [0.4, 0.5) is 4.39 Å². The molecule has 2 heterocycles. The highest BCUT2D eigenvalue weighted by atomic mass is 19.1. The average molecular weight is 509 g/mol. The zero-order chi connectivity index (χ0) is 26.7. The predicted octanol–water partition coefficient (Wildman–Crippen LogP) is 2.05. The number of nitrogens with two attached hydrogens (primary N) is 1. The number of Topliss-reactive ketones (excluding diaryl/α,β-unsaturated/α-hetero) is 1. The summed E-state index contributed by atoms with van der Waals surface area (Å²) >= 11 is 0. The molecule has 37 heavy (non-hydrogen) atoms. The number of carbonyl (C=O) groups excluding carboxylic acids is 4. The van der Waals surface area contributed by atoms with Crippen LogP contribution in [-0.2, 0) is 27.3 Å². The van der Waals surface area contributed by atoms with Gasteiger partial charge in [0, 0.05) is 18.7 Å². The SMILES string of the molecule is CC(C)C[C@H](NC(=O)c1cccc(CN)c1)C(=O)N1CCC2C1C(=O)CN2C(=O)Cc1ccc(F)cc1. The van der Waals surface area contributed by atoms with Gasteiger partial charge in [0.1, 0.15) is 17.9 Å². The van der Waals surface area contributed by atoms with Crippen molar-refractivity contribution in [3.8, 4) is 0 Å². The first-order valence-electron chi connectivity index (χ1n) is 12.6. The van der Waals surface area contributed by atoms with Gasteiger partial charge < -0.3 is 20.9 Å². The van der Waals surface area contributed by atoms with Crippen molar-refractivity contribution in [1.82, 2.24) is 15.1 Å². The lowest BCUT2D eigenvalue weighted by molar-refractivity contribution is -0.138. The van der Waals surface area contributed by atoms with Crippen molar-refractivity contribution in [3.05, 3.63) is 71.0 Å². The molecule has 2 aromatic rings. The number of likely N-dealkylation sites (tertiary alicyclic amines) is 2. The van der Waals surface area contributed by atoms with Crippen molar-refractivity contribution in [3.63, 3.8) is 0 Å². The average Bonchev–Trinajstić information content (AvgIpc) is 3.45. The van der Waals surface area contributed by atoms with E-state index >= 15 is 0 Å². The number of hydrogen-bond donors (Lipinski definition) is 2. The largest absolute Gasteiger partial charge is 0.340 e. The minimum atomic E-state index is -0.801. The smallest absolute Gasteiger partial charge is 0.251 e. The summed E-state index contributed by atoms with van der Waals surface area (Å²) in [6.07, 6.45) is 0.952. The molecule has 2 unspecified atom stereocenters. The quantitative estimate of drug-likeness (QED) is 0.567. The molecular weight excluding hydrogens is 475 g/mol. The number of hydrogen-bond acceptors (Lipinski definition) is 5. The van der Waals surface area contributed by atoms with Crippen molar-refractivity contribution in [2.24, 2.45) is 11.7 Å². The van der Waals surface area contributed by atoms with E-state index in [0.29, 0.717) is 37.1 Å². The van der Waals surface area contributed by atoms with E-state index in [1.54, 1.807) is 30.3 Å². The molecule has 0 spiro atoms. The number of rotatable bonds is 8. The Bertz CT molecular complexity index is 1180. The predicted molar refractivity (Wildman–Crippen MR) is 136 cm³/mol. The molecule has 2 saturated heterocycles. The second-order valence-corrected chi connectivity index (χ2v) is 10.2. The number of ketones is 1. The third-order valence-electron chi connectivity index (χ3n) is 7.03. The van der Waals surface area contributed by atoms with Gasteiger partial charge in [-0.2, -0.15) is 0 Å². The van der Waals surface area contributed by atoms with Crippen LogP contribution in [0.5, 0.6) is 0 Å². The third-order valence-corrected chi connectivity index (χ3v) is 7.03. The number of benzene rings is 2. The van der Waals surface area contributed by atoms with Gasteiger partial charge in [0.15, 0.2) is 5.78 Å². The van der Waals surface area contributed by atoms with Crippen molar-refractivity contribution < 1.29 is 23.6 Å². The minimum absolute atomic E-state index is 0.0542. The Balaban J connectivity index is 1.47. The molecule has 2 aromatic carbocycles. The topological polar surface area (TPSA) is 113 Å². The zero-order valence-corrected chi connectivity index (χ0v) is 21.2. The van der Waals surface area contributed by atoms with Gasteiger partial charge in [-0.05, 0) is 54.2 Å². The Hall–Kier alpha value is -3.59. The molecule has 0 radical (unpaired) electrons.